The average molecular weight is 415 g/mol. The fourth-order valence-electron chi connectivity index (χ4n) is 2.92. The molecule has 0 bridgehead atoms. The summed E-state index contributed by atoms with van der Waals surface area (Å²) in [5.41, 5.74) is 1.53. The zero-order valence-corrected chi connectivity index (χ0v) is 15.0. The molecule has 0 amide bonds. The number of halogens is 1. The second-order valence-corrected chi connectivity index (χ2v) is 6.48. The summed E-state index contributed by atoms with van der Waals surface area (Å²) in [6.07, 6.45) is -1.47. The van der Waals surface area contributed by atoms with Gasteiger partial charge >= 0.3 is 5.97 Å². The van der Waals surface area contributed by atoms with Crippen molar-refractivity contribution in [3.8, 4) is 0 Å². The van der Waals surface area contributed by atoms with Gasteiger partial charge in [0.1, 0.15) is 0 Å². The molecule has 7 nitrogen and oxygen atoms in total. The molecule has 0 fully saturated rings. The van der Waals surface area contributed by atoms with E-state index in [1.54, 1.807) is 9.86 Å². The fourth-order valence-corrected chi connectivity index (χ4v) is 3.26. The van der Waals surface area contributed by atoms with E-state index in [-0.39, 0.29) is 23.9 Å². The normalized spacial score (nSPS) is 21.7. The minimum absolute atomic E-state index is 0.200. The Labute approximate surface area is 158 Å². The van der Waals surface area contributed by atoms with Gasteiger partial charge in [-0.25, -0.2) is 14.5 Å². The van der Waals surface area contributed by atoms with Crippen molar-refractivity contribution in [1.29, 1.82) is 0 Å². The van der Waals surface area contributed by atoms with Crippen LogP contribution in [0.15, 0.2) is 59.3 Å². The minimum Gasteiger partial charge on any atom is -0.450 e. The maximum atomic E-state index is 12.6. The number of esters is 1. The van der Waals surface area contributed by atoms with Crippen molar-refractivity contribution in [2.75, 3.05) is 0 Å². The van der Waals surface area contributed by atoms with Gasteiger partial charge in [0.25, 0.3) is 5.69 Å². The molecule has 1 aliphatic heterocycles. The number of nitrogens with one attached hydrogen (secondary N) is 1. The Balaban J connectivity index is 1.65. The molecule has 2 aromatic carbocycles. The summed E-state index contributed by atoms with van der Waals surface area (Å²) in [7, 11) is 0. The van der Waals surface area contributed by atoms with Crippen LogP contribution >= 0.6 is 15.9 Å². The SMILES string of the molecule is [2H][C@@]1(OC(=O)c2ccc([NH+]=O)cc2)C[C@@H](c2ccccc2)n2nc(Br)nc21. The zero-order chi connectivity index (χ0) is 19.0. The van der Waals surface area contributed by atoms with Crippen molar-refractivity contribution in [2.45, 2.75) is 18.5 Å². The first-order valence-corrected chi connectivity index (χ1v) is 8.68. The molecule has 0 saturated heterocycles. The van der Waals surface area contributed by atoms with Crippen LogP contribution in [0.2, 0.25) is 0 Å². The van der Waals surface area contributed by atoms with Gasteiger partial charge in [-0.2, -0.15) is 0 Å². The summed E-state index contributed by atoms with van der Waals surface area (Å²) in [5, 5.41) is 6.06. The molecule has 2 atom stereocenters. The Morgan fingerprint density at radius 3 is 2.65 bits per heavy atom. The summed E-state index contributed by atoms with van der Waals surface area (Å²) in [5.74, 6) is -0.406. The van der Waals surface area contributed by atoms with Crippen LogP contribution in [0.4, 0.5) is 5.69 Å². The Morgan fingerprint density at radius 1 is 1.23 bits per heavy atom. The number of nitroso groups, excluding NO2 is 1. The van der Waals surface area contributed by atoms with Crippen molar-refractivity contribution in [2.24, 2.45) is 0 Å². The third-order valence-corrected chi connectivity index (χ3v) is 4.50. The van der Waals surface area contributed by atoms with Gasteiger partial charge in [0, 0.05) is 28.6 Å². The summed E-state index contributed by atoms with van der Waals surface area (Å²) < 4.78 is 16.2. The predicted molar refractivity (Wildman–Crippen MR) is 95.5 cm³/mol. The Morgan fingerprint density at radius 2 is 1.96 bits per heavy atom. The number of nitrogens with zero attached hydrogens (tertiary/aromatic N) is 3. The lowest BCUT2D eigenvalue weighted by molar-refractivity contribution is -0.379. The van der Waals surface area contributed by atoms with E-state index in [2.05, 4.69) is 26.0 Å². The number of aromatic nitrogens is 3. The number of fused-ring (bicyclic) bond motifs is 1. The molecule has 4 rings (SSSR count). The molecule has 0 spiro atoms. The molecule has 0 radical (unpaired) electrons. The maximum absolute atomic E-state index is 12.6. The van der Waals surface area contributed by atoms with E-state index in [1.807, 2.05) is 30.3 Å². The predicted octanol–water partition coefficient (Wildman–Crippen LogP) is 2.41. The van der Waals surface area contributed by atoms with E-state index in [0.29, 0.717) is 10.4 Å². The molecule has 1 aliphatic rings. The van der Waals surface area contributed by atoms with Gasteiger partial charge in [0.15, 0.2) is 11.9 Å². The zero-order valence-electron chi connectivity index (χ0n) is 14.4. The number of benzene rings is 2. The number of hydrogen-bond donors (Lipinski definition) is 1. The van der Waals surface area contributed by atoms with Crippen LogP contribution in [-0.2, 0) is 4.74 Å². The molecular weight excluding hydrogens is 400 g/mol. The van der Waals surface area contributed by atoms with Crippen molar-refractivity contribution in [3.05, 3.63) is 81.2 Å². The second-order valence-electron chi connectivity index (χ2n) is 5.77. The van der Waals surface area contributed by atoms with Gasteiger partial charge in [0.2, 0.25) is 4.73 Å². The van der Waals surface area contributed by atoms with Gasteiger partial charge in [-0.05, 0) is 33.6 Å². The van der Waals surface area contributed by atoms with Crippen LogP contribution in [0.3, 0.4) is 0 Å². The van der Waals surface area contributed by atoms with Crippen molar-refractivity contribution in [3.63, 3.8) is 0 Å². The van der Waals surface area contributed by atoms with Crippen molar-refractivity contribution < 1.29 is 16.1 Å². The first-order chi connectivity index (χ1) is 13.0. The summed E-state index contributed by atoms with van der Waals surface area (Å²) in [6, 6.07) is 15.2. The van der Waals surface area contributed by atoms with Gasteiger partial charge < -0.3 is 4.74 Å². The van der Waals surface area contributed by atoms with Gasteiger partial charge in [0.05, 0.1) is 13.0 Å². The molecule has 3 aromatic rings. The highest BCUT2D eigenvalue weighted by Gasteiger charge is 2.37. The molecule has 1 N–H and O–H groups in total. The molecular formula is C18H14BrN4O3+. The minimum atomic E-state index is -1.67. The average Bonchev–Trinajstić information content (AvgIpc) is 3.19. The lowest BCUT2D eigenvalue weighted by Crippen LogP contribution is -2.55. The molecule has 1 aromatic heterocycles. The molecule has 0 unspecified atom stereocenters. The number of hydrogen-bond acceptors (Lipinski definition) is 5. The van der Waals surface area contributed by atoms with E-state index in [0.717, 1.165) is 5.56 Å². The van der Waals surface area contributed by atoms with E-state index in [4.69, 9.17) is 6.11 Å². The first-order valence-electron chi connectivity index (χ1n) is 8.39. The monoisotopic (exact) mass is 414 g/mol. The van der Waals surface area contributed by atoms with Gasteiger partial charge in [-0.15, -0.1) is 5.10 Å². The van der Waals surface area contributed by atoms with Gasteiger partial charge in [-0.3, -0.25) is 0 Å². The highest BCUT2D eigenvalue weighted by molar-refractivity contribution is 9.10. The molecule has 0 aliphatic carbocycles. The van der Waals surface area contributed by atoms with E-state index in [1.165, 1.54) is 24.3 Å². The highest BCUT2D eigenvalue weighted by atomic mass is 79.9. The maximum Gasteiger partial charge on any atom is 0.338 e. The number of rotatable bonds is 4. The van der Waals surface area contributed by atoms with E-state index in [9.17, 15) is 9.70 Å². The fraction of sp³-hybridized carbons (Fsp3) is 0.167. The molecule has 130 valence electrons. The Hall–Kier alpha value is -2.87. The summed E-state index contributed by atoms with van der Waals surface area (Å²) >= 11 is 3.23. The molecule has 2 heterocycles. The highest BCUT2D eigenvalue weighted by Crippen LogP contribution is 2.40. The Kier molecular flexibility index (Phi) is 4.02. The lowest BCUT2D eigenvalue weighted by Gasteiger charge is -2.13. The molecule has 0 saturated carbocycles. The second kappa shape index (κ2) is 6.80. The third-order valence-electron chi connectivity index (χ3n) is 4.17. The number of carbonyl (C=O) groups excluding carboxylic acids is 1. The standard InChI is InChI=1S/C18H13BrN4O3/c19-18-20-16-15(26-17(24)12-6-8-13(22-25)9-7-12)10-14(23(16)21-18)11-4-2-1-3-5-11/h1-9,14-15H,10H2/p+1/t14-,15+/m0/s1/i15D. The van der Waals surface area contributed by atoms with Crippen LogP contribution in [0.5, 0.6) is 0 Å². The van der Waals surface area contributed by atoms with Crippen molar-refractivity contribution >= 4 is 27.6 Å². The summed E-state index contributed by atoms with van der Waals surface area (Å²) in [6.45, 7) is 0. The summed E-state index contributed by atoms with van der Waals surface area (Å²) in [4.78, 5) is 27.4. The third kappa shape index (κ3) is 3.03. The smallest absolute Gasteiger partial charge is 0.338 e. The van der Waals surface area contributed by atoms with E-state index < -0.39 is 12.0 Å². The van der Waals surface area contributed by atoms with Crippen LogP contribution < -0.4 is 5.18 Å². The topological polar surface area (TPSA) is 88.0 Å². The van der Waals surface area contributed by atoms with E-state index >= 15 is 0 Å². The van der Waals surface area contributed by atoms with Crippen molar-refractivity contribution in [1.82, 2.24) is 14.8 Å². The number of carbonyl (C=O) groups is 1. The largest absolute Gasteiger partial charge is 0.450 e. The quantitative estimate of drug-likeness (QED) is 0.662. The number of ether oxygens (including phenoxy) is 1. The molecule has 8 heteroatoms. The first kappa shape index (κ1) is 15.4. The van der Waals surface area contributed by atoms with Crippen LogP contribution in [0.25, 0.3) is 0 Å². The lowest BCUT2D eigenvalue weighted by atomic mass is 10.0. The Bertz CT molecular complexity index is 1010. The van der Waals surface area contributed by atoms with Crippen LogP contribution in [0, 0.1) is 4.91 Å². The van der Waals surface area contributed by atoms with Crippen LogP contribution in [-0.4, -0.2) is 20.7 Å². The molecule has 26 heavy (non-hydrogen) atoms. The van der Waals surface area contributed by atoms with Crippen LogP contribution in [0.1, 0.15) is 41.7 Å². The van der Waals surface area contributed by atoms with Gasteiger partial charge in [-0.1, -0.05) is 30.3 Å².